The number of hydrogen-bond donors (Lipinski definition) is 0. The van der Waals surface area contributed by atoms with Crippen molar-refractivity contribution in [2.24, 2.45) is 5.92 Å². The first-order valence-electron chi connectivity index (χ1n) is 8.42. The third kappa shape index (κ3) is 3.22. The molecule has 1 atom stereocenters. The minimum atomic E-state index is -3.62. The Morgan fingerprint density at radius 1 is 1.38 bits per heavy atom. The summed E-state index contributed by atoms with van der Waals surface area (Å²) in [5.41, 5.74) is -0.111. The highest BCUT2D eigenvalue weighted by molar-refractivity contribution is 7.89. The summed E-state index contributed by atoms with van der Waals surface area (Å²) in [7, 11) is -1.56. The van der Waals surface area contributed by atoms with Crippen LogP contribution in [0.1, 0.15) is 19.8 Å². The number of rotatable bonds is 5. The molecule has 1 aromatic carbocycles. The van der Waals surface area contributed by atoms with Crippen LogP contribution in [-0.2, 0) is 14.8 Å². The molecular formula is C17H25FN2O3S. The number of hydrogen-bond acceptors (Lipinski definition) is 4. The second-order valence-corrected chi connectivity index (χ2v) is 8.83. The second-order valence-electron chi connectivity index (χ2n) is 6.89. The molecule has 1 unspecified atom stereocenters. The van der Waals surface area contributed by atoms with E-state index in [0.29, 0.717) is 25.6 Å². The van der Waals surface area contributed by atoms with Gasteiger partial charge in [0, 0.05) is 31.8 Å². The molecule has 0 amide bonds. The SMILES string of the molecule is CCOCC1CCN(C)C2(C1)CN(S(=O)(=O)c1cccc(F)c1)C2. The van der Waals surface area contributed by atoms with E-state index in [-0.39, 0.29) is 10.4 Å². The molecule has 0 saturated carbocycles. The molecule has 0 aliphatic carbocycles. The number of sulfonamides is 1. The van der Waals surface area contributed by atoms with E-state index in [1.807, 2.05) is 6.92 Å². The molecule has 24 heavy (non-hydrogen) atoms. The van der Waals surface area contributed by atoms with Gasteiger partial charge >= 0.3 is 0 Å². The van der Waals surface area contributed by atoms with Crippen LogP contribution in [0.25, 0.3) is 0 Å². The molecule has 2 aliphatic rings. The normalized spacial score (nSPS) is 24.9. The third-order valence-electron chi connectivity index (χ3n) is 5.28. The topological polar surface area (TPSA) is 49.9 Å². The summed E-state index contributed by atoms with van der Waals surface area (Å²) >= 11 is 0. The van der Waals surface area contributed by atoms with Crippen LogP contribution in [0, 0.1) is 11.7 Å². The Hall–Kier alpha value is -1.02. The highest BCUT2D eigenvalue weighted by atomic mass is 32.2. The van der Waals surface area contributed by atoms with Gasteiger partial charge in [-0.15, -0.1) is 0 Å². The second kappa shape index (κ2) is 6.71. The van der Waals surface area contributed by atoms with Crippen molar-refractivity contribution in [3.8, 4) is 0 Å². The average molecular weight is 356 g/mol. The van der Waals surface area contributed by atoms with E-state index >= 15 is 0 Å². The first-order chi connectivity index (χ1) is 11.4. The molecule has 2 aliphatic heterocycles. The van der Waals surface area contributed by atoms with Gasteiger partial charge in [0.1, 0.15) is 5.82 Å². The standard InChI is InChI=1S/C17H25FN2O3S/c1-3-23-11-14-7-8-19(2)17(10-14)12-20(13-17)24(21,22)16-6-4-5-15(18)9-16/h4-6,9,14H,3,7-8,10-13H2,1-2H3. The van der Waals surface area contributed by atoms with E-state index in [1.165, 1.54) is 22.5 Å². The van der Waals surface area contributed by atoms with Crippen molar-refractivity contribution in [1.82, 2.24) is 9.21 Å². The van der Waals surface area contributed by atoms with E-state index in [2.05, 4.69) is 11.9 Å². The fourth-order valence-electron chi connectivity index (χ4n) is 3.76. The molecule has 1 spiro atoms. The number of likely N-dealkylation sites (N-methyl/N-ethyl adjacent to an activating group) is 1. The summed E-state index contributed by atoms with van der Waals surface area (Å²) in [4.78, 5) is 2.30. The van der Waals surface area contributed by atoms with Crippen molar-refractivity contribution in [3.63, 3.8) is 0 Å². The minimum absolute atomic E-state index is 0.0293. The molecule has 0 bridgehead atoms. The summed E-state index contributed by atoms with van der Waals surface area (Å²) in [6.45, 7) is 5.31. The van der Waals surface area contributed by atoms with Gasteiger partial charge in [-0.3, -0.25) is 4.90 Å². The van der Waals surface area contributed by atoms with Gasteiger partial charge in [0.2, 0.25) is 10.0 Å². The molecule has 3 rings (SSSR count). The van der Waals surface area contributed by atoms with Gasteiger partial charge in [0.15, 0.2) is 0 Å². The lowest BCUT2D eigenvalue weighted by Gasteiger charge is -2.57. The molecule has 0 aromatic heterocycles. The largest absolute Gasteiger partial charge is 0.381 e. The maximum absolute atomic E-state index is 13.4. The Balaban J connectivity index is 1.70. The molecule has 0 N–H and O–H groups in total. The number of ether oxygens (including phenoxy) is 1. The Bertz CT molecular complexity index is 687. The molecule has 1 aromatic rings. The zero-order valence-electron chi connectivity index (χ0n) is 14.2. The van der Waals surface area contributed by atoms with E-state index in [9.17, 15) is 12.8 Å². The monoisotopic (exact) mass is 356 g/mol. The van der Waals surface area contributed by atoms with Gasteiger partial charge in [-0.25, -0.2) is 12.8 Å². The summed E-state index contributed by atoms with van der Waals surface area (Å²) in [5, 5.41) is 0. The molecule has 134 valence electrons. The molecule has 5 nitrogen and oxygen atoms in total. The Morgan fingerprint density at radius 3 is 2.79 bits per heavy atom. The Labute approximate surface area is 143 Å². The highest BCUT2D eigenvalue weighted by Crippen LogP contribution is 2.40. The van der Waals surface area contributed by atoms with Gasteiger partial charge < -0.3 is 4.74 Å². The van der Waals surface area contributed by atoms with Crippen molar-refractivity contribution in [1.29, 1.82) is 0 Å². The fraction of sp³-hybridized carbons (Fsp3) is 0.647. The Morgan fingerprint density at radius 2 is 2.12 bits per heavy atom. The lowest BCUT2D eigenvalue weighted by atomic mass is 9.77. The maximum Gasteiger partial charge on any atom is 0.243 e. The van der Waals surface area contributed by atoms with Gasteiger partial charge in [0.05, 0.1) is 4.90 Å². The van der Waals surface area contributed by atoms with Crippen molar-refractivity contribution in [2.45, 2.75) is 30.2 Å². The molecule has 2 fully saturated rings. The summed E-state index contributed by atoms with van der Waals surface area (Å²) in [6, 6.07) is 5.22. The number of nitrogens with zero attached hydrogens (tertiary/aromatic N) is 2. The van der Waals surface area contributed by atoms with Gasteiger partial charge in [-0.2, -0.15) is 4.31 Å². The van der Waals surface area contributed by atoms with Crippen LogP contribution < -0.4 is 0 Å². The zero-order chi connectivity index (χ0) is 17.4. The van der Waals surface area contributed by atoms with E-state index in [0.717, 1.165) is 32.1 Å². The van der Waals surface area contributed by atoms with Gasteiger partial charge in [0.25, 0.3) is 0 Å². The van der Waals surface area contributed by atoms with E-state index < -0.39 is 15.8 Å². The van der Waals surface area contributed by atoms with Crippen LogP contribution >= 0.6 is 0 Å². The lowest BCUT2D eigenvalue weighted by Crippen LogP contribution is -2.72. The molecule has 2 heterocycles. The molecule has 7 heteroatoms. The molecular weight excluding hydrogens is 331 g/mol. The first-order valence-corrected chi connectivity index (χ1v) is 9.86. The van der Waals surface area contributed by atoms with Crippen LogP contribution in [-0.4, -0.2) is 63.1 Å². The van der Waals surface area contributed by atoms with Crippen LogP contribution in [0.15, 0.2) is 29.2 Å². The van der Waals surface area contributed by atoms with Crippen molar-refractivity contribution in [3.05, 3.63) is 30.1 Å². The number of halogens is 1. The van der Waals surface area contributed by atoms with Crippen molar-refractivity contribution < 1.29 is 17.5 Å². The van der Waals surface area contributed by atoms with Crippen LogP contribution in [0.2, 0.25) is 0 Å². The third-order valence-corrected chi connectivity index (χ3v) is 7.07. The number of piperidine rings is 1. The summed E-state index contributed by atoms with van der Waals surface area (Å²) in [5.74, 6) is -0.0574. The number of benzene rings is 1. The van der Waals surface area contributed by atoms with Gasteiger partial charge in [-0.05, 0) is 57.5 Å². The smallest absolute Gasteiger partial charge is 0.243 e. The first kappa shape index (κ1) is 17.8. The highest BCUT2D eigenvalue weighted by Gasteiger charge is 2.53. The summed E-state index contributed by atoms with van der Waals surface area (Å²) < 4.78 is 45.7. The quantitative estimate of drug-likeness (QED) is 0.809. The summed E-state index contributed by atoms with van der Waals surface area (Å²) in [6.07, 6.45) is 2.02. The van der Waals surface area contributed by atoms with E-state index in [4.69, 9.17) is 4.74 Å². The molecule has 0 radical (unpaired) electrons. The zero-order valence-corrected chi connectivity index (χ0v) is 15.1. The van der Waals surface area contributed by atoms with Crippen LogP contribution in [0.3, 0.4) is 0 Å². The molecule has 2 saturated heterocycles. The lowest BCUT2D eigenvalue weighted by molar-refractivity contribution is -0.0576. The average Bonchev–Trinajstić information content (AvgIpc) is 2.52. The predicted octanol–water partition coefficient (Wildman–Crippen LogP) is 1.95. The maximum atomic E-state index is 13.4. The predicted molar refractivity (Wildman–Crippen MR) is 89.7 cm³/mol. The van der Waals surface area contributed by atoms with Crippen LogP contribution in [0.5, 0.6) is 0 Å². The van der Waals surface area contributed by atoms with Gasteiger partial charge in [-0.1, -0.05) is 6.07 Å². The fourth-order valence-corrected chi connectivity index (χ4v) is 5.39. The Kier molecular flexibility index (Phi) is 4.97. The van der Waals surface area contributed by atoms with Crippen LogP contribution in [0.4, 0.5) is 4.39 Å². The number of likely N-dealkylation sites (tertiary alicyclic amines) is 1. The van der Waals surface area contributed by atoms with E-state index in [1.54, 1.807) is 0 Å². The van der Waals surface area contributed by atoms with Crippen molar-refractivity contribution in [2.75, 3.05) is 39.9 Å². The van der Waals surface area contributed by atoms with Crippen molar-refractivity contribution >= 4 is 10.0 Å². The minimum Gasteiger partial charge on any atom is -0.381 e.